The highest BCUT2D eigenvalue weighted by molar-refractivity contribution is 6.62. The number of anilines is 1. The third-order valence-electron chi connectivity index (χ3n) is 5.58. The number of fused-ring (bicyclic) bond motifs is 1. The van der Waals surface area contributed by atoms with Crippen molar-refractivity contribution >= 4 is 29.9 Å². The van der Waals surface area contributed by atoms with Crippen LogP contribution in [0, 0.1) is 11.6 Å². The van der Waals surface area contributed by atoms with Gasteiger partial charge in [-0.2, -0.15) is 0 Å². The first-order valence-electron chi connectivity index (χ1n) is 8.83. The van der Waals surface area contributed by atoms with E-state index in [-0.39, 0.29) is 22.9 Å². The molecule has 0 radical (unpaired) electrons. The van der Waals surface area contributed by atoms with E-state index in [1.807, 2.05) is 27.7 Å². The minimum Gasteiger partial charge on any atom is -0.399 e. The van der Waals surface area contributed by atoms with Crippen molar-refractivity contribution in [3.8, 4) is 0 Å². The lowest BCUT2D eigenvalue weighted by molar-refractivity contribution is 0.00578. The highest BCUT2D eigenvalue weighted by atomic mass is 35.5. The zero-order valence-corrected chi connectivity index (χ0v) is 16.7. The van der Waals surface area contributed by atoms with Crippen LogP contribution in [-0.2, 0) is 15.7 Å². The number of nitrogens with one attached hydrogen (secondary N) is 1. The Hall–Kier alpha value is -1.35. The van der Waals surface area contributed by atoms with Gasteiger partial charge in [-0.15, -0.1) is 0 Å². The Labute approximate surface area is 163 Å². The lowest BCUT2D eigenvalue weighted by atomic mass is 9.77. The quantitative estimate of drug-likeness (QED) is 0.586. The number of aliphatic hydroxyl groups is 1. The fourth-order valence-electron chi connectivity index (χ4n) is 3.40. The molecule has 0 saturated carbocycles. The second-order valence-electron chi connectivity index (χ2n) is 7.88. The maximum atomic E-state index is 15.0. The fourth-order valence-corrected chi connectivity index (χ4v) is 3.53. The summed E-state index contributed by atoms with van der Waals surface area (Å²) in [4.78, 5) is 1.55. The molecule has 3 rings (SSSR count). The molecule has 0 bridgehead atoms. The van der Waals surface area contributed by atoms with Crippen molar-refractivity contribution in [2.45, 2.75) is 51.5 Å². The fraction of sp³-hybridized carbons (Fsp3) is 0.556. The SMILES string of the molecule is C=C(Cl)NC(CO)N1CCc2cc(B3OC(C)(C)C(C)(C)O3)c(F)c(F)c21. The van der Waals surface area contributed by atoms with Gasteiger partial charge in [0, 0.05) is 12.0 Å². The van der Waals surface area contributed by atoms with Crippen LogP contribution in [0.3, 0.4) is 0 Å². The van der Waals surface area contributed by atoms with Crippen molar-refractivity contribution in [2.75, 3.05) is 18.1 Å². The molecule has 0 amide bonds. The third-order valence-corrected chi connectivity index (χ3v) is 5.69. The van der Waals surface area contributed by atoms with Gasteiger partial charge in [-0.1, -0.05) is 24.2 Å². The first-order valence-corrected chi connectivity index (χ1v) is 9.21. The summed E-state index contributed by atoms with van der Waals surface area (Å²) in [6, 6.07) is 1.58. The van der Waals surface area contributed by atoms with Gasteiger partial charge in [0.25, 0.3) is 0 Å². The van der Waals surface area contributed by atoms with Crippen LogP contribution in [0.15, 0.2) is 17.8 Å². The normalized spacial score (nSPS) is 21.3. The number of hydrogen-bond acceptors (Lipinski definition) is 5. The summed E-state index contributed by atoms with van der Waals surface area (Å²) in [6.45, 7) is 11.0. The molecule has 0 aromatic heterocycles. The van der Waals surface area contributed by atoms with Crippen molar-refractivity contribution in [1.82, 2.24) is 5.32 Å². The van der Waals surface area contributed by atoms with Crippen molar-refractivity contribution < 1.29 is 23.2 Å². The van der Waals surface area contributed by atoms with Gasteiger partial charge in [0.15, 0.2) is 11.6 Å². The van der Waals surface area contributed by atoms with E-state index >= 15 is 0 Å². The average Bonchev–Trinajstić information content (AvgIpc) is 3.06. The molecule has 2 aliphatic rings. The van der Waals surface area contributed by atoms with Crippen molar-refractivity contribution in [3.63, 3.8) is 0 Å². The van der Waals surface area contributed by atoms with Crippen molar-refractivity contribution in [1.29, 1.82) is 0 Å². The van der Waals surface area contributed by atoms with Gasteiger partial charge in [0.1, 0.15) is 6.17 Å². The summed E-state index contributed by atoms with van der Waals surface area (Å²) >= 11 is 5.75. The summed E-state index contributed by atoms with van der Waals surface area (Å²) in [5.41, 5.74) is -0.533. The molecule has 1 saturated heterocycles. The number of rotatable bonds is 5. The van der Waals surface area contributed by atoms with Crippen LogP contribution in [0.5, 0.6) is 0 Å². The number of hydrogen-bond donors (Lipinski definition) is 2. The maximum absolute atomic E-state index is 15.0. The lowest BCUT2D eigenvalue weighted by Gasteiger charge is -2.32. The minimum absolute atomic E-state index is 0.0435. The Bertz CT molecular complexity index is 759. The molecule has 5 nitrogen and oxygen atoms in total. The molecule has 0 aliphatic carbocycles. The summed E-state index contributed by atoms with van der Waals surface area (Å²) in [5.74, 6) is -2.00. The van der Waals surface area contributed by atoms with Crippen LogP contribution in [0.2, 0.25) is 0 Å². The largest absolute Gasteiger partial charge is 0.497 e. The van der Waals surface area contributed by atoms with E-state index in [4.69, 9.17) is 20.9 Å². The molecule has 1 aromatic rings. The Morgan fingerprint density at radius 2 is 1.93 bits per heavy atom. The van der Waals surface area contributed by atoms with Crippen LogP contribution in [0.25, 0.3) is 0 Å². The first-order chi connectivity index (χ1) is 12.5. The van der Waals surface area contributed by atoms with E-state index in [1.54, 1.807) is 11.0 Å². The van der Waals surface area contributed by atoms with E-state index < -0.39 is 36.1 Å². The van der Waals surface area contributed by atoms with Crippen molar-refractivity contribution in [2.24, 2.45) is 0 Å². The topological polar surface area (TPSA) is 54.0 Å². The summed E-state index contributed by atoms with van der Waals surface area (Å²) in [6.07, 6.45) is -0.209. The first kappa shape index (κ1) is 20.4. The maximum Gasteiger partial charge on any atom is 0.497 e. The predicted molar refractivity (Wildman–Crippen MR) is 102 cm³/mol. The molecule has 148 valence electrons. The second-order valence-corrected chi connectivity index (χ2v) is 8.34. The van der Waals surface area contributed by atoms with Crippen LogP contribution >= 0.6 is 11.6 Å². The Kier molecular flexibility index (Phi) is 5.22. The summed E-state index contributed by atoms with van der Waals surface area (Å²) in [7, 11) is -0.988. The number of benzene rings is 1. The van der Waals surface area contributed by atoms with E-state index in [0.717, 1.165) is 0 Å². The lowest BCUT2D eigenvalue weighted by Crippen LogP contribution is -2.47. The van der Waals surface area contributed by atoms with E-state index in [9.17, 15) is 13.9 Å². The van der Waals surface area contributed by atoms with Gasteiger partial charge in [-0.25, -0.2) is 8.78 Å². The third kappa shape index (κ3) is 3.44. The molecule has 1 atom stereocenters. The van der Waals surface area contributed by atoms with Crippen molar-refractivity contribution in [3.05, 3.63) is 35.0 Å². The van der Waals surface area contributed by atoms with Gasteiger partial charge in [0.05, 0.1) is 28.7 Å². The highest BCUT2D eigenvalue weighted by Gasteiger charge is 2.53. The smallest absolute Gasteiger partial charge is 0.399 e. The van der Waals surface area contributed by atoms with Gasteiger partial charge in [0.2, 0.25) is 0 Å². The molecule has 0 spiro atoms. The number of nitrogens with zero attached hydrogens (tertiary/aromatic N) is 1. The van der Waals surface area contributed by atoms with Crippen LogP contribution in [-0.4, -0.2) is 42.7 Å². The van der Waals surface area contributed by atoms with Gasteiger partial charge in [-0.05, 0) is 39.7 Å². The Morgan fingerprint density at radius 1 is 1.33 bits per heavy atom. The Balaban J connectivity index is 1.97. The van der Waals surface area contributed by atoms with Gasteiger partial charge < -0.3 is 24.6 Å². The van der Waals surface area contributed by atoms with Crippen LogP contribution in [0.4, 0.5) is 14.5 Å². The molecule has 9 heteroatoms. The van der Waals surface area contributed by atoms with Crippen LogP contribution in [0.1, 0.15) is 33.3 Å². The zero-order chi connectivity index (χ0) is 20.1. The molecule has 2 N–H and O–H groups in total. The van der Waals surface area contributed by atoms with Crippen LogP contribution < -0.4 is 15.7 Å². The molecular weight excluding hydrogens is 376 g/mol. The number of aliphatic hydroxyl groups excluding tert-OH is 1. The van der Waals surface area contributed by atoms with Gasteiger partial charge >= 0.3 is 7.12 Å². The molecule has 2 aliphatic heterocycles. The Morgan fingerprint density at radius 3 is 2.44 bits per heavy atom. The summed E-state index contributed by atoms with van der Waals surface area (Å²) < 4.78 is 41.7. The molecule has 1 unspecified atom stereocenters. The predicted octanol–water partition coefficient (Wildman–Crippen LogP) is 2.24. The molecule has 27 heavy (non-hydrogen) atoms. The monoisotopic (exact) mass is 400 g/mol. The van der Waals surface area contributed by atoms with Gasteiger partial charge in [-0.3, -0.25) is 0 Å². The molecule has 1 fully saturated rings. The van der Waals surface area contributed by atoms with E-state index in [0.29, 0.717) is 18.5 Å². The number of halogens is 3. The molecule has 1 aromatic carbocycles. The highest BCUT2D eigenvalue weighted by Crippen LogP contribution is 2.38. The minimum atomic E-state index is -1.01. The second kappa shape index (κ2) is 6.92. The summed E-state index contributed by atoms with van der Waals surface area (Å²) in [5, 5.41) is 12.5. The standard InChI is InChI=1S/C18H24BClF2N2O3/c1-10(20)23-13(9-25)24-7-6-11-8-12(14(21)15(22)16(11)24)19-26-17(2,3)18(4,5)27-19/h8,13,23,25H,1,6-7,9H2,2-5H3. The molecule has 2 heterocycles. The molecular formula is C18H24BClF2N2O3. The van der Waals surface area contributed by atoms with E-state index in [1.165, 1.54) is 0 Å². The van der Waals surface area contributed by atoms with E-state index in [2.05, 4.69) is 11.9 Å². The zero-order valence-electron chi connectivity index (χ0n) is 15.9. The average molecular weight is 401 g/mol.